The number of amides is 1. The molecule has 1 aliphatic rings. The fourth-order valence-electron chi connectivity index (χ4n) is 1.69. The van der Waals surface area contributed by atoms with Crippen LogP contribution in [-0.2, 0) is 11.2 Å². The zero-order valence-corrected chi connectivity index (χ0v) is 9.22. The van der Waals surface area contributed by atoms with E-state index in [1.54, 1.807) is 6.07 Å². The Bertz CT molecular complexity index is 480. The van der Waals surface area contributed by atoms with Crippen LogP contribution in [0, 0.1) is 0 Å². The van der Waals surface area contributed by atoms with Crippen molar-refractivity contribution in [2.24, 2.45) is 5.11 Å². The molecule has 0 spiro atoms. The third kappa shape index (κ3) is 2.89. The maximum atomic E-state index is 11.2. The Labute approximate surface area is 98.2 Å². The van der Waals surface area contributed by atoms with E-state index in [9.17, 15) is 4.79 Å². The van der Waals surface area contributed by atoms with Gasteiger partial charge in [0.25, 0.3) is 0 Å². The van der Waals surface area contributed by atoms with Crippen LogP contribution < -0.4 is 10.1 Å². The lowest BCUT2D eigenvalue weighted by Gasteiger charge is -2.17. The van der Waals surface area contributed by atoms with Crippen LogP contribution >= 0.6 is 0 Å². The summed E-state index contributed by atoms with van der Waals surface area (Å²) in [4.78, 5) is 13.9. The number of hydrogen-bond acceptors (Lipinski definition) is 3. The minimum Gasteiger partial charge on any atom is -0.493 e. The number of azide groups is 1. The number of carbonyl (C=O) groups is 1. The molecule has 1 aromatic carbocycles. The number of benzene rings is 1. The van der Waals surface area contributed by atoms with E-state index < -0.39 is 0 Å². The van der Waals surface area contributed by atoms with Gasteiger partial charge in [0.05, 0.1) is 13.2 Å². The van der Waals surface area contributed by atoms with E-state index in [4.69, 9.17) is 10.3 Å². The molecule has 1 aliphatic heterocycles. The van der Waals surface area contributed by atoms with Crippen LogP contribution in [0.15, 0.2) is 23.3 Å². The highest BCUT2D eigenvalue weighted by Crippen LogP contribution is 2.26. The van der Waals surface area contributed by atoms with Crippen LogP contribution in [0.3, 0.4) is 0 Å². The Morgan fingerprint density at radius 2 is 2.35 bits per heavy atom. The van der Waals surface area contributed by atoms with Crippen LogP contribution in [0.5, 0.6) is 5.75 Å². The van der Waals surface area contributed by atoms with E-state index in [2.05, 4.69) is 15.3 Å². The van der Waals surface area contributed by atoms with Gasteiger partial charge in [0.15, 0.2) is 0 Å². The number of nitrogens with one attached hydrogen (secondary N) is 1. The number of fused-ring (bicyclic) bond motifs is 1. The first-order valence-corrected chi connectivity index (χ1v) is 5.36. The molecule has 0 radical (unpaired) electrons. The summed E-state index contributed by atoms with van der Waals surface area (Å²) in [5.74, 6) is 0.697. The quantitative estimate of drug-likeness (QED) is 0.373. The van der Waals surface area contributed by atoms with Crippen molar-refractivity contribution in [1.29, 1.82) is 0 Å². The zero-order chi connectivity index (χ0) is 12.1. The van der Waals surface area contributed by atoms with Gasteiger partial charge in [0, 0.05) is 23.1 Å². The molecule has 6 heteroatoms. The van der Waals surface area contributed by atoms with E-state index in [1.807, 2.05) is 12.1 Å². The highest BCUT2D eigenvalue weighted by Gasteiger charge is 2.14. The Kier molecular flexibility index (Phi) is 3.47. The summed E-state index contributed by atoms with van der Waals surface area (Å²) in [6.07, 6.45) is 1.30. The van der Waals surface area contributed by atoms with Crippen molar-refractivity contribution >= 4 is 11.6 Å². The topological polar surface area (TPSA) is 87.1 Å². The normalized spacial score (nSPS) is 13.3. The Hall–Kier alpha value is -2.20. The second-order valence-electron chi connectivity index (χ2n) is 3.67. The van der Waals surface area contributed by atoms with Crippen molar-refractivity contribution in [1.82, 2.24) is 0 Å². The summed E-state index contributed by atoms with van der Waals surface area (Å²) >= 11 is 0. The van der Waals surface area contributed by atoms with Crippen LogP contribution in [0.1, 0.15) is 12.0 Å². The standard InChI is InChI=1S/C11H12N4O2/c12-15-13-5-6-17-9-3-1-8-2-4-11(16)14-10(8)7-9/h1,3,7H,2,4-6H2,(H,14,16). The summed E-state index contributed by atoms with van der Waals surface area (Å²) < 4.78 is 5.39. The predicted octanol–water partition coefficient (Wildman–Crippen LogP) is 2.26. The Morgan fingerprint density at radius 1 is 1.47 bits per heavy atom. The fraction of sp³-hybridized carbons (Fsp3) is 0.364. The minimum atomic E-state index is 0.0312. The van der Waals surface area contributed by atoms with E-state index >= 15 is 0 Å². The van der Waals surface area contributed by atoms with Crippen molar-refractivity contribution in [3.05, 3.63) is 34.2 Å². The largest absolute Gasteiger partial charge is 0.493 e. The molecule has 0 atom stereocenters. The zero-order valence-electron chi connectivity index (χ0n) is 9.22. The first kappa shape index (κ1) is 11.3. The average molecular weight is 232 g/mol. The number of aryl methyl sites for hydroxylation is 1. The highest BCUT2D eigenvalue weighted by atomic mass is 16.5. The molecule has 2 rings (SSSR count). The van der Waals surface area contributed by atoms with Crippen LogP contribution in [0.2, 0.25) is 0 Å². The molecule has 88 valence electrons. The minimum absolute atomic E-state index is 0.0312. The number of rotatable bonds is 4. The first-order chi connectivity index (χ1) is 8.29. The molecule has 6 nitrogen and oxygen atoms in total. The van der Waals surface area contributed by atoms with Gasteiger partial charge >= 0.3 is 0 Å². The molecular formula is C11H12N4O2. The number of nitrogens with zero attached hydrogens (tertiary/aromatic N) is 3. The molecule has 1 aromatic rings. The molecule has 1 N–H and O–H groups in total. The van der Waals surface area contributed by atoms with Gasteiger partial charge < -0.3 is 10.1 Å². The molecule has 0 fully saturated rings. The second kappa shape index (κ2) is 5.23. The highest BCUT2D eigenvalue weighted by molar-refractivity contribution is 5.94. The van der Waals surface area contributed by atoms with Gasteiger partial charge in [-0.15, -0.1) is 0 Å². The monoisotopic (exact) mass is 232 g/mol. The van der Waals surface area contributed by atoms with E-state index in [1.165, 1.54) is 0 Å². The van der Waals surface area contributed by atoms with Gasteiger partial charge in [-0.05, 0) is 23.6 Å². The number of carbonyl (C=O) groups excluding carboxylic acids is 1. The summed E-state index contributed by atoms with van der Waals surface area (Å²) in [7, 11) is 0. The van der Waals surface area contributed by atoms with Crippen LogP contribution in [0.4, 0.5) is 5.69 Å². The number of hydrogen-bond donors (Lipinski definition) is 1. The lowest BCUT2D eigenvalue weighted by molar-refractivity contribution is -0.116. The molecule has 0 aliphatic carbocycles. The van der Waals surface area contributed by atoms with Gasteiger partial charge in [-0.3, -0.25) is 4.79 Å². The summed E-state index contributed by atoms with van der Waals surface area (Å²) in [6, 6.07) is 5.59. The van der Waals surface area contributed by atoms with Gasteiger partial charge in [0.1, 0.15) is 5.75 Å². The van der Waals surface area contributed by atoms with Gasteiger partial charge in [-0.25, -0.2) is 0 Å². The van der Waals surface area contributed by atoms with Crippen molar-refractivity contribution < 1.29 is 9.53 Å². The lowest BCUT2D eigenvalue weighted by atomic mass is 10.0. The first-order valence-electron chi connectivity index (χ1n) is 5.36. The molecule has 17 heavy (non-hydrogen) atoms. The van der Waals surface area contributed by atoms with Crippen LogP contribution in [-0.4, -0.2) is 19.1 Å². The molecule has 0 saturated carbocycles. The molecule has 1 heterocycles. The molecule has 1 amide bonds. The van der Waals surface area contributed by atoms with Gasteiger partial charge in [-0.1, -0.05) is 11.2 Å². The summed E-state index contributed by atoms with van der Waals surface area (Å²) in [5.41, 5.74) is 10.0. The molecular weight excluding hydrogens is 220 g/mol. The third-order valence-corrected chi connectivity index (χ3v) is 2.50. The SMILES string of the molecule is [N-]=[N+]=NCCOc1ccc2c(c1)NC(=O)CC2. The molecule has 0 aromatic heterocycles. The second-order valence-corrected chi connectivity index (χ2v) is 3.67. The van der Waals surface area contributed by atoms with Crippen molar-refractivity contribution in [3.8, 4) is 5.75 Å². The van der Waals surface area contributed by atoms with Gasteiger partial charge in [-0.2, -0.15) is 0 Å². The number of ether oxygens (including phenoxy) is 1. The Morgan fingerprint density at radius 3 is 3.18 bits per heavy atom. The maximum Gasteiger partial charge on any atom is 0.224 e. The Balaban J connectivity index is 2.02. The third-order valence-electron chi connectivity index (χ3n) is 2.50. The summed E-state index contributed by atoms with van der Waals surface area (Å²) in [6.45, 7) is 0.622. The summed E-state index contributed by atoms with van der Waals surface area (Å²) in [5, 5.41) is 6.17. The van der Waals surface area contributed by atoms with Crippen molar-refractivity contribution in [2.75, 3.05) is 18.5 Å². The molecule has 0 saturated heterocycles. The van der Waals surface area contributed by atoms with Gasteiger partial charge in [0.2, 0.25) is 5.91 Å². The molecule has 0 unspecified atom stereocenters. The van der Waals surface area contributed by atoms with E-state index in [-0.39, 0.29) is 5.91 Å². The van der Waals surface area contributed by atoms with E-state index in [0.29, 0.717) is 25.3 Å². The van der Waals surface area contributed by atoms with E-state index in [0.717, 1.165) is 17.7 Å². The maximum absolute atomic E-state index is 11.2. The van der Waals surface area contributed by atoms with Crippen LogP contribution in [0.25, 0.3) is 10.4 Å². The van der Waals surface area contributed by atoms with Crippen molar-refractivity contribution in [2.45, 2.75) is 12.8 Å². The smallest absolute Gasteiger partial charge is 0.224 e. The number of anilines is 1. The lowest BCUT2D eigenvalue weighted by Crippen LogP contribution is -2.18. The average Bonchev–Trinajstić information content (AvgIpc) is 2.34. The van der Waals surface area contributed by atoms with Crippen molar-refractivity contribution in [3.63, 3.8) is 0 Å². The fourth-order valence-corrected chi connectivity index (χ4v) is 1.69. The molecule has 0 bridgehead atoms. The predicted molar refractivity (Wildman–Crippen MR) is 62.9 cm³/mol.